The summed E-state index contributed by atoms with van der Waals surface area (Å²) in [6.07, 6.45) is 2.98. The van der Waals surface area contributed by atoms with Crippen LogP contribution in [0.25, 0.3) is 21.9 Å². The molecule has 0 unspecified atom stereocenters. The number of amides is 1. The number of aliphatic hydroxyl groups excluding tert-OH is 1. The van der Waals surface area contributed by atoms with E-state index in [0.717, 1.165) is 28.4 Å². The highest BCUT2D eigenvalue weighted by Crippen LogP contribution is 2.24. The number of imidazole rings is 1. The highest BCUT2D eigenvalue weighted by molar-refractivity contribution is 5.82. The number of fused-ring (bicyclic) bond motifs is 2. The van der Waals surface area contributed by atoms with Gasteiger partial charge in [0.15, 0.2) is 0 Å². The Morgan fingerprint density at radius 2 is 1.91 bits per heavy atom. The molecule has 2 N–H and O–H groups in total. The van der Waals surface area contributed by atoms with Crippen LogP contribution in [0.4, 0.5) is 0 Å². The maximum Gasteiger partial charge on any atom is 0.222 e. The van der Waals surface area contributed by atoms with Crippen molar-refractivity contribution in [1.29, 1.82) is 0 Å². The number of pyridine rings is 1. The summed E-state index contributed by atoms with van der Waals surface area (Å²) in [6, 6.07) is 17.9. The van der Waals surface area contributed by atoms with E-state index in [0.29, 0.717) is 32.0 Å². The summed E-state index contributed by atoms with van der Waals surface area (Å²) in [6.45, 7) is 1.46. The predicted octanol–water partition coefficient (Wildman–Crippen LogP) is 2.84. The zero-order valence-corrected chi connectivity index (χ0v) is 17.8. The average Bonchev–Trinajstić information content (AvgIpc) is 3.41. The molecule has 5 rings (SSSR count). The average molecular weight is 431 g/mol. The van der Waals surface area contributed by atoms with E-state index in [9.17, 15) is 9.90 Å². The van der Waals surface area contributed by atoms with Gasteiger partial charge in [-0.3, -0.25) is 9.78 Å². The molecule has 3 heterocycles. The molecular weight excluding hydrogens is 404 g/mol. The molecule has 0 saturated carbocycles. The Bertz CT molecular complexity index is 1250. The number of hydrogen-bond donors (Lipinski definition) is 2. The first-order valence-corrected chi connectivity index (χ1v) is 11.0. The molecule has 0 bridgehead atoms. The Balaban J connectivity index is 1.24. The predicted molar refractivity (Wildman–Crippen MR) is 122 cm³/mol. The Labute approximate surface area is 186 Å². The second kappa shape index (κ2) is 9.06. The number of carbonyl (C=O) groups is 1. The van der Waals surface area contributed by atoms with Crippen LogP contribution in [-0.4, -0.2) is 44.8 Å². The number of aryl methyl sites for hydroxylation is 1. The van der Waals surface area contributed by atoms with E-state index in [1.54, 1.807) is 0 Å². The molecule has 1 saturated heterocycles. The van der Waals surface area contributed by atoms with Gasteiger partial charge < -0.3 is 19.7 Å². The van der Waals surface area contributed by atoms with Crippen molar-refractivity contribution in [2.45, 2.75) is 32.0 Å². The van der Waals surface area contributed by atoms with Crippen LogP contribution in [-0.2, 0) is 29.1 Å². The van der Waals surface area contributed by atoms with Crippen LogP contribution >= 0.6 is 0 Å². The lowest BCUT2D eigenvalue weighted by Crippen LogP contribution is -2.41. The van der Waals surface area contributed by atoms with E-state index >= 15 is 0 Å². The fraction of sp³-hybridized carbons (Fsp3) is 0.320. The lowest BCUT2D eigenvalue weighted by atomic mass is 9.93. The number of benzene rings is 2. The summed E-state index contributed by atoms with van der Waals surface area (Å²) >= 11 is 0. The van der Waals surface area contributed by atoms with Gasteiger partial charge >= 0.3 is 0 Å². The van der Waals surface area contributed by atoms with Gasteiger partial charge in [0.25, 0.3) is 0 Å². The largest absolute Gasteiger partial charge is 0.388 e. The minimum absolute atomic E-state index is 0.0215. The molecule has 7 nitrogen and oxygen atoms in total. The molecule has 1 aliphatic heterocycles. The third-order valence-corrected chi connectivity index (χ3v) is 6.20. The fourth-order valence-corrected chi connectivity index (χ4v) is 4.56. The summed E-state index contributed by atoms with van der Waals surface area (Å²) in [7, 11) is 0. The molecule has 1 fully saturated rings. The molecule has 0 radical (unpaired) electrons. The minimum atomic E-state index is -0.158. The fourth-order valence-electron chi connectivity index (χ4n) is 4.56. The molecule has 4 aromatic rings. The van der Waals surface area contributed by atoms with Crippen molar-refractivity contribution in [1.82, 2.24) is 19.9 Å². The maximum absolute atomic E-state index is 12.8. The lowest BCUT2D eigenvalue weighted by molar-refractivity contribution is -0.122. The van der Waals surface area contributed by atoms with Gasteiger partial charge in [-0.1, -0.05) is 30.3 Å². The third kappa shape index (κ3) is 4.09. The van der Waals surface area contributed by atoms with Crippen molar-refractivity contribution >= 4 is 27.8 Å². The topological polar surface area (TPSA) is 89.3 Å². The first-order valence-electron chi connectivity index (χ1n) is 11.0. The maximum atomic E-state index is 12.8. The van der Waals surface area contributed by atoms with Gasteiger partial charge in [-0.05, 0) is 36.2 Å². The van der Waals surface area contributed by atoms with Crippen LogP contribution in [0.3, 0.4) is 0 Å². The zero-order valence-electron chi connectivity index (χ0n) is 17.8. The van der Waals surface area contributed by atoms with Crippen molar-refractivity contribution in [3.8, 4) is 0 Å². The number of nitrogens with one attached hydrogen (secondary N) is 1. The molecule has 2 aromatic carbocycles. The number of para-hydroxylation sites is 3. The summed E-state index contributed by atoms with van der Waals surface area (Å²) in [4.78, 5) is 21.7. The summed E-state index contributed by atoms with van der Waals surface area (Å²) in [5, 5.41) is 14.0. The third-order valence-electron chi connectivity index (χ3n) is 6.20. The standard InChI is InChI=1S/C25H26N4O3/c30-14-24-27-21-7-3-4-8-23(21)29(24)12-10-25(31)28-22-16-32-15-18(22)13-17-9-11-26-20-6-2-1-5-19(17)20/h1-9,11,18,22,30H,10,12-16H2,(H,28,31)/t18-,22+/m1/s1. The van der Waals surface area contributed by atoms with E-state index in [1.807, 2.05) is 53.2 Å². The molecule has 164 valence electrons. The SMILES string of the molecule is O=C(CCn1c(CO)nc2ccccc21)N[C@H]1COC[C@H]1Cc1ccnc2ccccc12. The van der Waals surface area contributed by atoms with Crippen LogP contribution in [0.2, 0.25) is 0 Å². The van der Waals surface area contributed by atoms with E-state index in [1.165, 1.54) is 5.56 Å². The number of hydrogen-bond acceptors (Lipinski definition) is 5. The van der Waals surface area contributed by atoms with E-state index < -0.39 is 0 Å². The van der Waals surface area contributed by atoms with Gasteiger partial charge in [0.1, 0.15) is 12.4 Å². The molecule has 1 amide bonds. The number of carbonyl (C=O) groups excluding carboxylic acids is 1. The number of ether oxygens (including phenoxy) is 1. The van der Waals surface area contributed by atoms with Crippen molar-refractivity contribution in [2.24, 2.45) is 5.92 Å². The zero-order chi connectivity index (χ0) is 21.9. The van der Waals surface area contributed by atoms with Crippen molar-refractivity contribution in [2.75, 3.05) is 13.2 Å². The van der Waals surface area contributed by atoms with Gasteiger partial charge in [0, 0.05) is 30.5 Å². The Hall–Kier alpha value is -3.29. The highest BCUT2D eigenvalue weighted by Gasteiger charge is 2.30. The van der Waals surface area contributed by atoms with Crippen LogP contribution in [0.5, 0.6) is 0 Å². The molecular formula is C25H26N4O3. The van der Waals surface area contributed by atoms with E-state index in [-0.39, 0.29) is 24.5 Å². The summed E-state index contributed by atoms with van der Waals surface area (Å²) < 4.78 is 7.64. The monoisotopic (exact) mass is 430 g/mol. The number of aromatic nitrogens is 3. The second-order valence-corrected chi connectivity index (χ2v) is 8.24. The quantitative estimate of drug-likeness (QED) is 0.471. The minimum Gasteiger partial charge on any atom is -0.388 e. The molecule has 1 aliphatic rings. The van der Waals surface area contributed by atoms with Crippen LogP contribution in [0, 0.1) is 5.92 Å². The van der Waals surface area contributed by atoms with Gasteiger partial charge in [0.05, 0.1) is 35.8 Å². The summed E-state index contributed by atoms with van der Waals surface area (Å²) in [5.74, 6) is 0.768. The van der Waals surface area contributed by atoms with Crippen LogP contribution < -0.4 is 5.32 Å². The van der Waals surface area contributed by atoms with Gasteiger partial charge in [-0.25, -0.2) is 4.98 Å². The molecule has 7 heteroatoms. The highest BCUT2D eigenvalue weighted by atomic mass is 16.5. The van der Waals surface area contributed by atoms with Crippen molar-refractivity contribution < 1.29 is 14.6 Å². The molecule has 2 aromatic heterocycles. The second-order valence-electron chi connectivity index (χ2n) is 8.24. The van der Waals surface area contributed by atoms with Crippen molar-refractivity contribution in [3.63, 3.8) is 0 Å². The Kier molecular flexibility index (Phi) is 5.83. The van der Waals surface area contributed by atoms with Gasteiger partial charge in [-0.15, -0.1) is 0 Å². The van der Waals surface area contributed by atoms with Gasteiger partial charge in [0.2, 0.25) is 5.91 Å². The van der Waals surface area contributed by atoms with Crippen molar-refractivity contribution in [3.05, 3.63) is 72.2 Å². The number of nitrogens with zero attached hydrogens (tertiary/aromatic N) is 3. The van der Waals surface area contributed by atoms with E-state index in [4.69, 9.17) is 4.74 Å². The molecule has 0 aliphatic carbocycles. The molecule has 32 heavy (non-hydrogen) atoms. The first-order chi connectivity index (χ1) is 15.7. The summed E-state index contributed by atoms with van der Waals surface area (Å²) in [5.41, 5.74) is 3.96. The molecule has 0 spiro atoms. The molecule has 2 atom stereocenters. The Morgan fingerprint density at radius 3 is 2.78 bits per heavy atom. The first kappa shape index (κ1) is 20.6. The van der Waals surface area contributed by atoms with Crippen LogP contribution in [0.15, 0.2) is 60.8 Å². The van der Waals surface area contributed by atoms with Gasteiger partial charge in [-0.2, -0.15) is 0 Å². The number of rotatable bonds is 7. The number of aliphatic hydroxyl groups is 1. The smallest absolute Gasteiger partial charge is 0.222 e. The lowest BCUT2D eigenvalue weighted by Gasteiger charge is -2.20. The van der Waals surface area contributed by atoms with Crippen LogP contribution in [0.1, 0.15) is 17.8 Å². The normalized spacial score (nSPS) is 18.4. The van der Waals surface area contributed by atoms with E-state index in [2.05, 4.69) is 27.4 Å². The Morgan fingerprint density at radius 1 is 1.09 bits per heavy atom.